The summed E-state index contributed by atoms with van der Waals surface area (Å²) in [6, 6.07) is 32.2. The number of nitrogens with one attached hydrogen (secondary N) is 4. The third-order valence-corrected chi connectivity index (χ3v) is 14.8. The number of likely N-dealkylation sites (tertiary alicyclic amines) is 2. The van der Waals surface area contributed by atoms with E-state index >= 15 is 0 Å². The number of nitrogens with zero attached hydrogens (tertiary/aromatic N) is 4. The number of likely N-dealkylation sites (N-methyl/N-ethyl adjacent to an activating group) is 2. The molecule has 0 unspecified atom stereocenters. The maximum Gasteiger partial charge on any atom is 0.253 e. The molecule has 398 valence electrons. The smallest absolute Gasteiger partial charge is 0.253 e. The first-order valence-corrected chi connectivity index (χ1v) is 26.6. The number of rotatable bonds is 21. The quantitative estimate of drug-likeness (QED) is 0.0695. The van der Waals surface area contributed by atoms with E-state index in [-0.39, 0.29) is 47.5 Å². The lowest BCUT2D eigenvalue weighted by atomic mass is 9.85. The molecule has 0 aromatic heterocycles. The second-order valence-electron chi connectivity index (χ2n) is 22.4. The molecule has 6 rings (SSSR count). The number of benzene rings is 4. The maximum atomic E-state index is 14.9. The van der Waals surface area contributed by atoms with Gasteiger partial charge in [-0.15, -0.1) is 0 Å². The average Bonchev–Trinajstić information content (AvgIpc) is 4.08. The van der Waals surface area contributed by atoms with Crippen LogP contribution in [0.1, 0.15) is 113 Å². The van der Waals surface area contributed by atoms with Crippen LogP contribution in [0.4, 0.5) is 0 Å². The second kappa shape index (κ2) is 25.7. The van der Waals surface area contributed by atoms with Crippen molar-refractivity contribution in [2.24, 2.45) is 10.8 Å². The highest BCUT2D eigenvalue weighted by Gasteiger charge is 2.42. The normalized spacial score (nSPS) is 17.5. The van der Waals surface area contributed by atoms with Crippen molar-refractivity contribution in [1.29, 1.82) is 0 Å². The number of amides is 6. The summed E-state index contributed by atoms with van der Waals surface area (Å²) in [4.78, 5) is 92.3. The lowest BCUT2D eigenvalue weighted by Crippen LogP contribution is -2.59. The van der Waals surface area contributed by atoms with Gasteiger partial charge in [0.1, 0.15) is 12.1 Å². The van der Waals surface area contributed by atoms with Crippen molar-refractivity contribution in [2.45, 2.75) is 130 Å². The van der Waals surface area contributed by atoms with E-state index in [0.717, 1.165) is 47.9 Å². The average molecular weight is 1010 g/mol. The fourth-order valence-electron chi connectivity index (χ4n) is 9.96. The third kappa shape index (κ3) is 14.9. The van der Waals surface area contributed by atoms with Crippen molar-refractivity contribution < 1.29 is 28.8 Å². The highest BCUT2D eigenvalue weighted by molar-refractivity contribution is 5.98. The van der Waals surface area contributed by atoms with Gasteiger partial charge in [0.15, 0.2) is 0 Å². The van der Waals surface area contributed by atoms with E-state index in [9.17, 15) is 28.8 Å². The molecule has 0 spiro atoms. The molecule has 6 amide bonds. The van der Waals surface area contributed by atoms with Crippen LogP contribution in [0.25, 0.3) is 11.1 Å². The van der Waals surface area contributed by atoms with Crippen molar-refractivity contribution >= 4 is 35.4 Å². The predicted octanol–water partition coefficient (Wildman–Crippen LogP) is 6.98. The molecule has 2 aliphatic heterocycles. The zero-order valence-corrected chi connectivity index (χ0v) is 45.6. The van der Waals surface area contributed by atoms with Gasteiger partial charge in [-0.25, -0.2) is 0 Å². The van der Waals surface area contributed by atoms with Crippen molar-refractivity contribution in [3.63, 3.8) is 0 Å². The Balaban J connectivity index is 1.25. The summed E-state index contributed by atoms with van der Waals surface area (Å²) >= 11 is 0. The molecule has 0 saturated carbocycles. The molecule has 0 aliphatic carbocycles. The van der Waals surface area contributed by atoms with Gasteiger partial charge >= 0.3 is 0 Å². The number of hydrogen-bond donors (Lipinski definition) is 4. The van der Waals surface area contributed by atoms with Crippen LogP contribution in [0.15, 0.2) is 109 Å². The van der Waals surface area contributed by atoms with Crippen LogP contribution < -0.4 is 21.3 Å². The van der Waals surface area contributed by atoms with Crippen LogP contribution in [0.2, 0.25) is 0 Å². The Morgan fingerprint density at radius 2 is 0.905 bits per heavy atom. The summed E-state index contributed by atoms with van der Waals surface area (Å²) in [6.07, 6.45) is 4.27. The van der Waals surface area contributed by atoms with E-state index in [4.69, 9.17) is 0 Å². The van der Waals surface area contributed by atoms with Crippen LogP contribution in [0, 0.1) is 10.8 Å². The first-order valence-electron chi connectivity index (χ1n) is 26.6. The monoisotopic (exact) mass is 1010 g/mol. The minimum absolute atomic E-state index is 0.147. The zero-order valence-electron chi connectivity index (χ0n) is 45.6. The summed E-state index contributed by atoms with van der Waals surface area (Å²) in [5, 5.41) is 12.0. The highest BCUT2D eigenvalue weighted by Crippen LogP contribution is 2.30. The van der Waals surface area contributed by atoms with Gasteiger partial charge in [0, 0.05) is 62.5 Å². The van der Waals surface area contributed by atoms with Gasteiger partial charge in [0.2, 0.25) is 23.6 Å². The first-order chi connectivity index (χ1) is 35.2. The van der Waals surface area contributed by atoms with Gasteiger partial charge in [-0.3, -0.25) is 28.8 Å². The molecule has 14 heteroatoms. The van der Waals surface area contributed by atoms with Gasteiger partial charge in [0.05, 0.1) is 12.1 Å². The largest absolute Gasteiger partial charge is 0.342 e. The van der Waals surface area contributed by atoms with E-state index in [2.05, 4.69) is 45.5 Å². The molecule has 74 heavy (non-hydrogen) atoms. The van der Waals surface area contributed by atoms with Gasteiger partial charge in [-0.05, 0) is 124 Å². The van der Waals surface area contributed by atoms with Crippen LogP contribution in [-0.4, -0.2) is 145 Å². The Kier molecular flexibility index (Phi) is 19.8. The lowest BCUT2D eigenvalue weighted by molar-refractivity contribution is -0.141. The number of carbonyl (C=O) groups is 6. The van der Waals surface area contributed by atoms with Crippen LogP contribution in [0.3, 0.4) is 0 Å². The number of hydrogen-bond acceptors (Lipinski definition) is 8. The topological polar surface area (TPSA) is 163 Å². The Hall–Kier alpha value is -6.38. The van der Waals surface area contributed by atoms with Crippen LogP contribution >= 0.6 is 0 Å². The van der Waals surface area contributed by atoms with Crippen LogP contribution in [-0.2, 0) is 32.0 Å². The molecule has 4 N–H and O–H groups in total. The van der Waals surface area contributed by atoms with Gasteiger partial charge in [-0.2, -0.15) is 0 Å². The van der Waals surface area contributed by atoms with Gasteiger partial charge in [-0.1, -0.05) is 126 Å². The van der Waals surface area contributed by atoms with E-state index in [1.165, 1.54) is 0 Å². The molecule has 4 aromatic rings. The number of carbonyl (C=O) groups excluding carboxylic acids is 6. The first kappa shape index (κ1) is 56.9. The third-order valence-electron chi connectivity index (χ3n) is 14.8. The zero-order chi connectivity index (χ0) is 53.7. The minimum atomic E-state index is -0.754. The minimum Gasteiger partial charge on any atom is -0.342 e. The Labute approximate surface area is 440 Å². The molecule has 2 fully saturated rings. The molecular weight excluding hydrogens is 929 g/mol. The second-order valence-corrected chi connectivity index (χ2v) is 22.4. The maximum absolute atomic E-state index is 14.9. The summed E-state index contributed by atoms with van der Waals surface area (Å²) in [5.74, 6) is -1.11. The molecule has 6 atom stereocenters. The molecule has 0 radical (unpaired) electrons. The molecule has 2 aliphatic rings. The van der Waals surface area contributed by atoms with Crippen molar-refractivity contribution in [2.75, 3.05) is 53.4 Å². The molecule has 4 aromatic carbocycles. The lowest BCUT2D eigenvalue weighted by Gasteiger charge is -2.37. The van der Waals surface area contributed by atoms with Gasteiger partial charge < -0.3 is 40.9 Å². The molecule has 0 bridgehead atoms. The molecular formula is C60H82N8O6. The fourth-order valence-corrected chi connectivity index (χ4v) is 9.96. The van der Waals surface area contributed by atoms with Crippen molar-refractivity contribution in [3.05, 3.63) is 131 Å². The standard InChI is InChI=1S/C60H82N8O6/c1-41(61-9)53(69)63-51(59(3,4)5)57(73)67-33-19-29-49(67)39-65(35-31-43-21-13-11-14-22-43)55(71)47-27-17-25-45(37-47)46-26-18-28-48(38-46)56(72)66(36-32-44-23-15-12-16-24-44)40-50-30-20-34-68(50)58(74)52(60(6,7)8)64-54(70)42(2)62-10/h11-18,21-28,37-38,41-42,49-52,61-62H,19-20,29-36,39-40H2,1-10H3,(H,63,69)(H,64,70)/t41-,42-,49-,50-,51+,52+/m0/s1. The molecule has 14 nitrogen and oxygen atoms in total. The molecule has 2 heterocycles. The highest BCUT2D eigenvalue weighted by atomic mass is 16.2. The predicted molar refractivity (Wildman–Crippen MR) is 293 cm³/mol. The van der Waals surface area contributed by atoms with Crippen molar-refractivity contribution in [3.8, 4) is 11.1 Å². The Bertz CT molecular complexity index is 2370. The summed E-state index contributed by atoms with van der Waals surface area (Å²) in [7, 11) is 3.43. The summed E-state index contributed by atoms with van der Waals surface area (Å²) < 4.78 is 0. The van der Waals surface area contributed by atoms with Gasteiger partial charge in [0.25, 0.3) is 11.8 Å². The SMILES string of the molecule is CN[C@@H](C)C(=O)N[C@H](C(=O)N1CCC[C@H]1CN(CCc1ccccc1)C(=O)c1cccc(-c2cccc(C(=O)N(CCc3ccccc3)C[C@@H]3CCCN3C(=O)[C@@H](NC(=O)[C@H](C)NC)C(C)(C)C)c2)c1)C(C)(C)C. The summed E-state index contributed by atoms with van der Waals surface area (Å²) in [6.45, 7) is 17.8. The van der Waals surface area contributed by atoms with E-state index < -0.39 is 35.0 Å². The van der Waals surface area contributed by atoms with Crippen LogP contribution in [0.5, 0.6) is 0 Å². The fraction of sp³-hybridized carbons (Fsp3) is 0.500. The van der Waals surface area contributed by atoms with E-state index in [0.29, 0.717) is 63.2 Å². The van der Waals surface area contributed by atoms with E-state index in [1.807, 2.05) is 146 Å². The Morgan fingerprint density at radius 3 is 1.24 bits per heavy atom. The Morgan fingerprint density at radius 1 is 0.541 bits per heavy atom. The summed E-state index contributed by atoms with van der Waals surface area (Å²) in [5.41, 5.74) is 3.61. The van der Waals surface area contributed by atoms with E-state index in [1.54, 1.807) is 27.9 Å². The van der Waals surface area contributed by atoms with Crippen molar-refractivity contribution in [1.82, 2.24) is 40.9 Å². The molecule has 2 saturated heterocycles.